The Morgan fingerprint density at radius 2 is 1.86 bits per heavy atom. The van der Waals surface area contributed by atoms with Crippen molar-refractivity contribution in [1.29, 1.82) is 0 Å². The van der Waals surface area contributed by atoms with Gasteiger partial charge in [0.25, 0.3) is 0 Å². The molecule has 3 fully saturated rings. The lowest BCUT2D eigenvalue weighted by Crippen LogP contribution is -2.50. The lowest BCUT2D eigenvalue weighted by atomic mass is 9.47. The summed E-state index contributed by atoms with van der Waals surface area (Å²) in [6, 6.07) is 0. The van der Waals surface area contributed by atoms with Crippen molar-refractivity contribution in [2.45, 2.75) is 105 Å². The van der Waals surface area contributed by atoms with Gasteiger partial charge in [-0.05, 0) is 111 Å². The molecule has 1 N–H and O–H groups in total. The number of hydrogen-bond donors (Lipinski definition) is 1. The maximum Gasteiger partial charge on any atom is 0.0577 e. The van der Waals surface area contributed by atoms with Gasteiger partial charge in [-0.15, -0.1) is 0 Å². The van der Waals surface area contributed by atoms with Crippen molar-refractivity contribution in [2.75, 3.05) is 0 Å². The number of aliphatic hydroxyl groups excluding tert-OH is 1. The summed E-state index contributed by atoms with van der Waals surface area (Å²) in [5.41, 5.74) is 3.98. The molecule has 0 aromatic rings. The summed E-state index contributed by atoms with van der Waals surface area (Å²) in [6.45, 7) is 16.7. The van der Waals surface area contributed by atoms with Crippen molar-refractivity contribution in [3.8, 4) is 0 Å². The summed E-state index contributed by atoms with van der Waals surface area (Å²) in [5.74, 6) is 5.03. The highest BCUT2D eigenvalue weighted by Gasteiger charge is 2.59. The molecule has 4 aliphatic carbocycles. The number of rotatable bonds is 5. The lowest BCUT2D eigenvalue weighted by Gasteiger charge is -2.58. The van der Waals surface area contributed by atoms with E-state index in [1.54, 1.807) is 5.57 Å². The summed E-state index contributed by atoms with van der Waals surface area (Å²) in [4.78, 5) is 0. The standard InChI is InChI=1S/C28H46O/c1-18(2)19(3)7-8-20(4)24-11-12-25-23-10-9-21-17-22(29)13-15-27(21,5)26(23)14-16-28(24,25)6/h9,18,20,22-26,29H,3,7-8,10-17H2,1-2,4-6H3. The van der Waals surface area contributed by atoms with Crippen LogP contribution in [-0.4, -0.2) is 11.2 Å². The molecule has 164 valence electrons. The Morgan fingerprint density at radius 1 is 1.10 bits per heavy atom. The molecule has 0 amide bonds. The van der Waals surface area contributed by atoms with Crippen LogP contribution in [0.1, 0.15) is 98.8 Å². The van der Waals surface area contributed by atoms with Crippen LogP contribution in [0.5, 0.6) is 0 Å². The first kappa shape index (κ1) is 21.7. The molecule has 0 aromatic heterocycles. The Morgan fingerprint density at radius 3 is 2.59 bits per heavy atom. The number of aliphatic hydroxyl groups is 1. The van der Waals surface area contributed by atoms with Crippen molar-refractivity contribution in [3.63, 3.8) is 0 Å². The quantitative estimate of drug-likeness (QED) is 0.474. The van der Waals surface area contributed by atoms with E-state index in [9.17, 15) is 5.11 Å². The zero-order valence-electron chi connectivity index (χ0n) is 19.8. The molecule has 4 rings (SSSR count). The summed E-state index contributed by atoms with van der Waals surface area (Å²) in [5, 5.41) is 10.2. The highest BCUT2D eigenvalue weighted by Crippen LogP contribution is 2.67. The van der Waals surface area contributed by atoms with Crippen LogP contribution in [-0.2, 0) is 0 Å². The van der Waals surface area contributed by atoms with Gasteiger partial charge < -0.3 is 5.11 Å². The second kappa shape index (κ2) is 7.85. The van der Waals surface area contributed by atoms with Gasteiger partial charge in [-0.1, -0.05) is 58.4 Å². The molecular weight excluding hydrogens is 352 g/mol. The number of hydrogen-bond acceptors (Lipinski definition) is 1. The first-order valence-electron chi connectivity index (χ1n) is 12.7. The Hall–Kier alpha value is -0.560. The average Bonchev–Trinajstić information content (AvgIpc) is 3.03. The third-order valence-corrected chi connectivity index (χ3v) is 10.6. The second-order valence-electron chi connectivity index (χ2n) is 12.2. The van der Waals surface area contributed by atoms with Crippen LogP contribution in [0.3, 0.4) is 0 Å². The maximum absolute atomic E-state index is 10.2. The van der Waals surface area contributed by atoms with E-state index in [0.717, 1.165) is 42.4 Å². The van der Waals surface area contributed by atoms with E-state index >= 15 is 0 Å². The molecule has 29 heavy (non-hydrogen) atoms. The van der Waals surface area contributed by atoms with Crippen LogP contribution < -0.4 is 0 Å². The fraction of sp³-hybridized carbons (Fsp3) is 0.857. The van der Waals surface area contributed by atoms with Gasteiger partial charge in [0.1, 0.15) is 0 Å². The Bertz CT molecular complexity index is 659. The molecule has 0 aliphatic heterocycles. The van der Waals surface area contributed by atoms with Crippen molar-refractivity contribution >= 4 is 0 Å². The summed E-state index contributed by atoms with van der Waals surface area (Å²) in [7, 11) is 0. The van der Waals surface area contributed by atoms with Gasteiger partial charge >= 0.3 is 0 Å². The predicted molar refractivity (Wildman–Crippen MR) is 124 cm³/mol. The first-order chi connectivity index (χ1) is 13.7. The SMILES string of the molecule is C=C(CCC(C)C1CCC2C3CC=C4CC(O)CCC4(C)C3CCC12C)C(C)C. The molecule has 0 radical (unpaired) electrons. The maximum atomic E-state index is 10.2. The van der Waals surface area contributed by atoms with Crippen LogP contribution in [0, 0.1) is 46.3 Å². The molecule has 1 nitrogen and oxygen atoms in total. The summed E-state index contributed by atoms with van der Waals surface area (Å²) < 4.78 is 0. The fourth-order valence-corrected chi connectivity index (χ4v) is 8.52. The first-order valence-corrected chi connectivity index (χ1v) is 12.7. The zero-order chi connectivity index (χ0) is 21.0. The molecule has 0 spiro atoms. The minimum Gasteiger partial charge on any atom is -0.393 e. The molecule has 4 aliphatic rings. The van der Waals surface area contributed by atoms with E-state index in [-0.39, 0.29) is 6.10 Å². The molecule has 0 heterocycles. The van der Waals surface area contributed by atoms with Crippen LogP contribution in [0.15, 0.2) is 23.8 Å². The summed E-state index contributed by atoms with van der Waals surface area (Å²) >= 11 is 0. The third-order valence-electron chi connectivity index (χ3n) is 10.6. The van der Waals surface area contributed by atoms with Gasteiger partial charge in [0, 0.05) is 0 Å². The van der Waals surface area contributed by atoms with Crippen molar-refractivity contribution in [3.05, 3.63) is 23.8 Å². The average molecular weight is 399 g/mol. The molecule has 3 saturated carbocycles. The molecule has 8 unspecified atom stereocenters. The van der Waals surface area contributed by atoms with Crippen molar-refractivity contribution < 1.29 is 5.11 Å². The number of allylic oxidation sites excluding steroid dienone is 2. The van der Waals surface area contributed by atoms with Gasteiger partial charge in [-0.2, -0.15) is 0 Å². The summed E-state index contributed by atoms with van der Waals surface area (Å²) in [6.07, 6.45) is 15.3. The minimum absolute atomic E-state index is 0.0861. The Kier molecular flexibility index (Phi) is 5.86. The Labute approximate surface area is 180 Å². The largest absolute Gasteiger partial charge is 0.393 e. The van der Waals surface area contributed by atoms with Crippen molar-refractivity contribution in [1.82, 2.24) is 0 Å². The van der Waals surface area contributed by atoms with Crippen LogP contribution >= 0.6 is 0 Å². The van der Waals surface area contributed by atoms with Gasteiger partial charge in [-0.3, -0.25) is 0 Å². The molecule has 0 saturated heterocycles. The van der Waals surface area contributed by atoms with E-state index in [4.69, 9.17) is 0 Å². The van der Waals surface area contributed by atoms with E-state index in [2.05, 4.69) is 47.3 Å². The highest BCUT2D eigenvalue weighted by atomic mass is 16.3. The second-order valence-corrected chi connectivity index (χ2v) is 12.2. The van der Waals surface area contributed by atoms with E-state index in [0.29, 0.717) is 16.7 Å². The number of fused-ring (bicyclic) bond motifs is 5. The van der Waals surface area contributed by atoms with Crippen LogP contribution in [0.4, 0.5) is 0 Å². The van der Waals surface area contributed by atoms with E-state index in [1.165, 1.54) is 56.9 Å². The molecule has 1 heteroatoms. The predicted octanol–water partition coefficient (Wildman–Crippen LogP) is 7.55. The molecule has 0 aromatic carbocycles. The highest BCUT2D eigenvalue weighted by molar-refractivity contribution is 5.25. The van der Waals surface area contributed by atoms with E-state index in [1.807, 2.05) is 0 Å². The molecule has 0 bridgehead atoms. The zero-order valence-corrected chi connectivity index (χ0v) is 19.8. The topological polar surface area (TPSA) is 20.2 Å². The van der Waals surface area contributed by atoms with Gasteiger partial charge in [0.05, 0.1) is 6.10 Å². The molecule has 8 atom stereocenters. The van der Waals surface area contributed by atoms with E-state index < -0.39 is 0 Å². The van der Waals surface area contributed by atoms with Crippen LogP contribution in [0.2, 0.25) is 0 Å². The molecular formula is C28H46O. The normalized spacial score (nSPS) is 45.2. The minimum atomic E-state index is -0.0861. The van der Waals surface area contributed by atoms with Gasteiger partial charge in [0.15, 0.2) is 0 Å². The van der Waals surface area contributed by atoms with Gasteiger partial charge in [0.2, 0.25) is 0 Å². The van der Waals surface area contributed by atoms with Gasteiger partial charge in [-0.25, -0.2) is 0 Å². The smallest absolute Gasteiger partial charge is 0.0577 e. The lowest BCUT2D eigenvalue weighted by molar-refractivity contribution is -0.0571. The van der Waals surface area contributed by atoms with Crippen LogP contribution in [0.25, 0.3) is 0 Å². The monoisotopic (exact) mass is 398 g/mol. The third kappa shape index (κ3) is 3.58. The fourth-order valence-electron chi connectivity index (χ4n) is 8.52. The van der Waals surface area contributed by atoms with Crippen molar-refractivity contribution in [2.24, 2.45) is 46.3 Å². The Balaban J connectivity index is 1.49.